The van der Waals surface area contributed by atoms with Gasteiger partial charge in [-0.1, -0.05) is 43.7 Å². The zero-order chi connectivity index (χ0) is 14.9. The smallest absolute Gasteiger partial charge is 0.251 e. The van der Waals surface area contributed by atoms with E-state index < -0.39 is 0 Å². The van der Waals surface area contributed by atoms with Crippen LogP contribution in [-0.2, 0) is 4.74 Å². The summed E-state index contributed by atoms with van der Waals surface area (Å²) in [5.74, 6) is -0.0192. The van der Waals surface area contributed by atoms with Gasteiger partial charge in [0.1, 0.15) is 0 Å². The lowest BCUT2D eigenvalue weighted by molar-refractivity contribution is 0.0940. The maximum absolute atomic E-state index is 12.1. The van der Waals surface area contributed by atoms with E-state index >= 15 is 0 Å². The quantitative estimate of drug-likeness (QED) is 0.750. The number of rotatable bonds is 8. The van der Waals surface area contributed by atoms with Crippen LogP contribution in [0.4, 0.5) is 0 Å². The summed E-state index contributed by atoms with van der Waals surface area (Å²) < 4.78 is 5.47. The zero-order valence-electron chi connectivity index (χ0n) is 12.6. The van der Waals surface area contributed by atoms with Gasteiger partial charge in [0, 0.05) is 25.3 Å². The molecule has 0 saturated carbocycles. The molecule has 0 fully saturated rings. The minimum atomic E-state index is -0.0192. The molecule has 3 heteroatoms. The Labute approximate surface area is 126 Å². The second-order valence-electron chi connectivity index (χ2n) is 5.14. The number of amides is 1. The van der Waals surface area contributed by atoms with Crippen molar-refractivity contribution in [3.63, 3.8) is 0 Å². The van der Waals surface area contributed by atoms with Crippen LogP contribution in [-0.4, -0.2) is 25.7 Å². The highest BCUT2D eigenvalue weighted by molar-refractivity contribution is 5.98. The summed E-state index contributed by atoms with van der Waals surface area (Å²) in [5, 5.41) is 5.18. The molecule has 0 aliphatic carbocycles. The summed E-state index contributed by atoms with van der Waals surface area (Å²) >= 11 is 0. The number of carbonyl (C=O) groups excluding carboxylic acids is 1. The number of hydrogen-bond acceptors (Lipinski definition) is 2. The lowest BCUT2D eigenvalue weighted by atomic mass is 10.1. The number of unbranched alkanes of at least 4 members (excludes halogenated alkanes) is 1. The Morgan fingerprint density at radius 1 is 1.05 bits per heavy atom. The summed E-state index contributed by atoms with van der Waals surface area (Å²) in [6.07, 6.45) is 3.10. The summed E-state index contributed by atoms with van der Waals surface area (Å²) in [6, 6.07) is 13.8. The molecule has 2 rings (SSSR count). The monoisotopic (exact) mass is 285 g/mol. The Morgan fingerprint density at radius 2 is 1.81 bits per heavy atom. The standard InChI is InChI=1S/C18H23NO2/c1-2-3-12-21-13-6-11-19-18(20)17-10-9-15-7-4-5-8-16(15)14-17/h4-5,7-10,14H,2-3,6,11-13H2,1H3,(H,19,20). The van der Waals surface area contributed by atoms with E-state index in [9.17, 15) is 4.79 Å². The van der Waals surface area contributed by atoms with E-state index in [2.05, 4.69) is 12.2 Å². The Balaban J connectivity index is 1.77. The molecule has 0 aromatic heterocycles. The third kappa shape index (κ3) is 4.87. The van der Waals surface area contributed by atoms with Crippen molar-refractivity contribution < 1.29 is 9.53 Å². The number of benzene rings is 2. The molecule has 21 heavy (non-hydrogen) atoms. The van der Waals surface area contributed by atoms with Gasteiger partial charge in [0.05, 0.1) is 0 Å². The minimum Gasteiger partial charge on any atom is -0.381 e. The summed E-state index contributed by atoms with van der Waals surface area (Å²) in [7, 11) is 0. The van der Waals surface area contributed by atoms with Crippen molar-refractivity contribution >= 4 is 16.7 Å². The van der Waals surface area contributed by atoms with Gasteiger partial charge in [-0.25, -0.2) is 0 Å². The molecule has 0 radical (unpaired) electrons. The Kier molecular flexibility index (Phi) is 6.22. The lowest BCUT2D eigenvalue weighted by Crippen LogP contribution is -2.25. The average Bonchev–Trinajstić information content (AvgIpc) is 2.53. The fraction of sp³-hybridized carbons (Fsp3) is 0.389. The van der Waals surface area contributed by atoms with Crippen molar-refractivity contribution in [1.82, 2.24) is 5.32 Å². The fourth-order valence-electron chi connectivity index (χ4n) is 2.16. The second kappa shape index (κ2) is 8.42. The topological polar surface area (TPSA) is 38.3 Å². The van der Waals surface area contributed by atoms with Crippen molar-refractivity contribution in [2.45, 2.75) is 26.2 Å². The maximum atomic E-state index is 12.1. The largest absolute Gasteiger partial charge is 0.381 e. The van der Waals surface area contributed by atoms with E-state index in [4.69, 9.17) is 4.74 Å². The molecule has 0 aliphatic heterocycles. The molecular weight excluding hydrogens is 262 g/mol. The normalized spacial score (nSPS) is 10.7. The average molecular weight is 285 g/mol. The number of carbonyl (C=O) groups is 1. The van der Waals surface area contributed by atoms with Crippen LogP contribution in [0, 0.1) is 0 Å². The molecule has 2 aromatic rings. The third-order valence-corrected chi connectivity index (χ3v) is 3.40. The van der Waals surface area contributed by atoms with Gasteiger partial charge in [0.15, 0.2) is 0 Å². The van der Waals surface area contributed by atoms with Gasteiger partial charge in [-0.2, -0.15) is 0 Å². The highest BCUT2D eigenvalue weighted by Gasteiger charge is 2.05. The summed E-state index contributed by atoms with van der Waals surface area (Å²) in [4.78, 5) is 12.1. The van der Waals surface area contributed by atoms with Crippen LogP contribution in [0.5, 0.6) is 0 Å². The lowest BCUT2D eigenvalue weighted by Gasteiger charge is -2.07. The van der Waals surface area contributed by atoms with E-state index in [1.165, 1.54) is 0 Å². The molecular formula is C18H23NO2. The van der Waals surface area contributed by atoms with Crippen LogP contribution in [0.25, 0.3) is 10.8 Å². The van der Waals surface area contributed by atoms with Gasteiger partial charge in [-0.3, -0.25) is 4.79 Å². The molecule has 3 nitrogen and oxygen atoms in total. The van der Waals surface area contributed by atoms with E-state index in [0.717, 1.165) is 36.6 Å². The van der Waals surface area contributed by atoms with Gasteiger partial charge < -0.3 is 10.1 Å². The molecule has 1 amide bonds. The number of hydrogen-bond donors (Lipinski definition) is 1. The van der Waals surface area contributed by atoms with Crippen LogP contribution in [0.15, 0.2) is 42.5 Å². The first-order valence-corrected chi connectivity index (χ1v) is 7.66. The molecule has 0 heterocycles. The predicted octanol–water partition coefficient (Wildman–Crippen LogP) is 3.78. The Hall–Kier alpha value is -1.87. The predicted molar refractivity (Wildman–Crippen MR) is 86.6 cm³/mol. The molecule has 2 aromatic carbocycles. The van der Waals surface area contributed by atoms with E-state index in [1.54, 1.807) is 0 Å². The first-order chi connectivity index (χ1) is 10.3. The minimum absolute atomic E-state index is 0.0192. The zero-order valence-corrected chi connectivity index (χ0v) is 12.6. The van der Waals surface area contributed by atoms with Gasteiger partial charge in [-0.15, -0.1) is 0 Å². The molecule has 0 saturated heterocycles. The van der Waals surface area contributed by atoms with Crippen LogP contribution in [0.3, 0.4) is 0 Å². The second-order valence-corrected chi connectivity index (χ2v) is 5.14. The van der Waals surface area contributed by atoms with Gasteiger partial charge in [0.25, 0.3) is 5.91 Å². The molecule has 0 spiro atoms. The van der Waals surface area contributed by atoms with Crippen molar-refractivity contribution in [2.75, 3.05) is 19.8 Å². The number of nitrogens with one attached hydrogen (secondary N) is 1. The van der Waals surface area contributed by atoms with Gasteiger partial charge >= 0.3 is 0 Å². The Bertz CT molecular complexity index is 580. The number of fused-ring (bicyclic) bond motifs is 1. The highest BCUT2D eigenvalue weighted by Crippen LogP contribution is 2.15. The molecule has 0 unspecified atom stereocenters. The van der Waals surface area contributed by atoms with Crippen LogP contribution in [0.1, 0.15) is 36.5 Å². The molecule has 112 valence electrons. The summed E-state index contributed by atoms with van der Waals surface area (Å²) in [5.41, 5.74) is 0.709. The van der Waals surface area contributed by atoms with Crippen LogP contribution in [0.2, 0.25) is 0 Å². The van der Waals surface area contributed by atoms with Crippen LogP contribution < -0.4 is 5.32 Å². The highest BCUT2D eigenvalue weighted by atomic mass is 16.5. The molecule has 0 aliphatic rings. The van der Waals surface area contributed by atoms with Crippen molar-refractivity contribution in [3.8, 4) is 0 Å². The van der Waals surface area contributed by atoms with Gasteiger partial charge in [0.2, 0.25) is 0 Å². The number of ether oxygens (including phenoxy) is 1. The van der Waals surface area contributed by atoms with E-state index in [1.807, 2.05) is 42.5 Å². The Morgan fingerprint density at radius 3 is 2.62 bits per heavy atom. The van der Waals surface area contributed by atoms with Gasteiger partial charge in [-0.05, 0) is 35.7 Å². The first-order valence-electron chi connectivity index (χ1n) is 7.66. The van der Waals surface area contributed by atoms with E-state index in [-0.39, 0.29) is 5.91 Å². The summed E-state index contributed by atoms with van der Waals surface area (Å²) in [6.45, 7) is 4.32. The van der Waals surface area contributed by atoms with Crippen LogP contribution >= 0.6 is 0 Å². The first kappa shape index (κ1) is 15.5. The maximum Gasteiger partial charge on any atom is 0.251 e. The molecule has 0 atom stereocenters. The van der Waals surface area contributed by atoms with Crippen molar-refractivity contribution in [2.24, 2.45) is 0 Å². The van der Waals surface area contributed by atoms with E-state index in [0.29, 0.717) is 18.7 Å². The molecule has 1 N–H and O–H groups in total. The van der Waals surface area contributed by atoms with Crippen molar-refractivity contribution in [1.29, 1.82) is 0 Å². The third-order valence-electron chi connectivity index (χ3n) is 3.40. The molecule has 0 bridgehead atoms. The van der Waals surface area contributed by atoms with Crippen molar-refractivity contribution in [3.05, 3.63) is 48.0 Å². The fourth-order valence-corrected chi connectivity index (χ4v) is 2.16. The SMILES string of the molecule is CCCCOCCCNC(=O)c1ccc2ccccc2c1.